The van der Waals surface area contributed by atoms with Gasteiger partial charge in [0.25, 0.3) is 0 Å². The minimum Gasteiger partial charge on any atom is -0.481 e. The molecule has 4 heteroatoms. The Morgan fingerprint density at radius 1 is 1.26 bits per heavy atom. The molecule has 0 aliphatic heterocycles. The number of carboxylic acids is 1. The van der Waals surface area contributed by atoms with Crippen molar-refractivity contribution in [2.24, 2.45) is 0 Å². The van der Waals surface area contributed by atoms with E-state index in [2.05, 4.69) is 17.1 Å². The van der Waals surface area contributed by atoms with Crippen LogP contribution >= 0.6 is 11.3 Å². The lowest BCUT2D eigenvalue weighted by Crippen LogP contribution is -1.99. The second-order valence-electron chi connectivity index (χ2n) is 4.53. The molecule has 0 fully saturated rings. The normalized spacial score (nSPS) is 10.6. The first kappa shape index (κ1) is 13.7. The van der Waals surface area contributed by atoms with Crippen LogP contribution in [0, 0.1) is 6.92 Å². The Morgan fingerprint density at radius 3 is 2.68 bits per heavy atom. The van der Waals surface area contributed by atoms with Gasteiger partial charge in [-0.1, -0.05) is 30.3 Å². The predicted molar refractivity (Wildman–Crippen MR) is 76.7 cm³/mol. The maximum Gasteiger partial charge on any atom is 0.308 e. The van der Waals surface area contributed by atoms with E-state index in [0.717, 1.165) is 34.8 Å². The third-order valence-corrected chi connectivity index (χ3v) is 4.16. The van der Waals surface area contributed by atoms with Gasteiger partial charge < -0.3 is 5.11 Å². The van der Waals surface area contributed by atoms with E-state index in [4.69, 9.17) is 5.11 Å². The van der Waals surface area contributed by atoms with E-state index in [-0.39, 0.29) is 6.42 Å². The van der Waals surface area contributed by atoms with Crippen LogP contribution in [-0.2, 0) is 24.1 Å². The lowest BCUT2D eigenvalue weighted by Gasteiger charge is -1.99. The van der Waals surface area contributed by atoms with Crippen molar-refractivity contribution in [3.05, 3.63) is 51.5 Å². The topological polar surface area (TPSA) is 50.2 Å². The fraction of sp³-hybridized carbons (Fsp3) is 0.333. The van der Waals surface area contributed by atoms with E-state index in [1.54, 1.807) is 0 Å². The van der Waals surface area contributed by atoms with Crippen molar-refractivity contribution in [2.45, 2.75) is 32.6 Å². The summed E-state index contributed by atoms with van der Waals surface area (Å²) in [4.78, 5) is 16.0. The average molecular weight is 275 g/mol. The van der Waals surface area contributed by atoms with Crippen LogP contribution < -0.4 is 0 Å². The molecule has 1 heterocycles. The zero-order valence-corrected chi connectivity index (χ0v) is 11.7. The summed E-state index contributed by atoms with van der Waals surface area (Å²) < 4.78 is 0. The van der Waals surface area contributed by atoms with Crippen LogP contribution in [-0.4, -0.2) is 16.1 Å². The molecule has 0 aliphatic rings. The largest absolute Gasteiger partial charge is 0.481 e. The van der Waals surface area contributed by atoms with Gasteiger partial charge in [0.15, 0.2) is 0 Å². The summed E-state index contributed by atoms with van der Waals surface area (Å²) in [5.74, 6) is -0.789. The molecule has 2 aromatic rings. The number of carboxylic acid groups (broad SMARTS) is 1. The Kier molecular flexibility index (Phi) is 4.68. The molecule has 0 bridgehead atoms. The molecular formula is C15H17NO2S. The average Bonchev–Trinajstić information content (AvgIpc) is 2.70. The summed E-state index contributed by atoms with van der Waals surface area (Å²) in [7, 11) is 0. The summed E-state index contributed by atoms with van der Waals surface area (Å²) in [5.41, 5.74) is 2.20. The maximum atomic E-state index is 10.7. The van der Waals surface area contributed by atoms with Gasteiger partial charge in [0.05, 0.1) is 17.1 Å². The van der Waals surface area contributed by atoms with Gasteiger partial charge in [-0.2, -0.15) is 0 Å². The molecule has 0 saturated carbocycles. The monoisotopic (exact) mass is 275 g/mol. The van der Waals surface area contributed by atoms with E-state index < -0.39 is 5.97 Å². The number of rotatable bonds is 6. The lowest BCUT2D eigenvalue weighted by atomic mass is 10.1. The van der Waals surface area contributed by atoms with Crippen LogP contribution in [0.15, 0.2) is 30.3 Å². The third-order valence-electron chi connectivity index (χ3n) is 2.95. The molecule has 100 valence electrons. The van der Waals surface area contributed by atoms with Crippen molar-refractivity contribution in [1.29, 1.82) is 0 Å². The molecule has 0 spiro atoms. The third kappa shape index (κ3) is 4.17. The van der Waals surface area contributed by atoms with Crippen molar-refractivity contribution in [3.8, 4) is 0 Å². The molecular weight excluding hydrogens is 258 g/mol. The van der Waals surface area contributed by atoms with Crippen molar-refractivity contribution in [1.82, 2.24) is 4.98 Å². The second-order valence-corrected chi connectivity index (χ2v) is 5.69. The molecule has 19 heavy (non-hydrogen) atoms. The number of aromatic nitrogens is 1. The fourth-order valence-electron chi connectivity index (χ4n) is 1.98. The number of aryl methyl sites for hydroxylation is 3. The summed E-state index contributed by atoms with van der Waals surface area (Å²) in [6.45, 7) is 1.88. The van der Waals surface area contributed by atoms with Crippen LogP contribution in [0.25, 0.3) is 0 Å². The Hall–Kier alpha value is -1.68. The number of nitrogens with zero attached hydrogens (tertiary/aromatic N) is 1. The first-order valence-corrected chi connectivity index (χ1v) is 7.17. The number of hydrogen-bond acceptors (Lipinski definition) is 3. The zero-order valence-electron chi connectivity index (χ0n) is 10.9. The molecule has 1 aromatic carbocycles. The molecule has 0 radical (unpaired) electrons. The highest BCUT2D eigenvalue weighted by atomic mass is 32.1. The van der Waals surface area contributed by atoms with E-state index in [1.807, 2.05) is 25.1 Å². The van der Waals surface area contributed by atoms with E-state index in [1.165, 1.54) is 16.9 Å². The SMILES string of the molecule is Cc1nc(CCCc2ccccc2)sc1CC(=O)O. The van der Waals surface area contributed by atoms with Crippen LogP contribution in [0.1, 0.15) is 27.6 Å². The molecule has 0 aliphatic carbocycles. The molecule has 3 nitrogen and oxygen atoms in total. The van der Waals surface area contributed by atoms with Gasteiger partial charge >= 0.3 is 5.97 Å². The van der Waals surface area contributed by atoms with Gasteiger partial charge in [0, 0.05) is 4.88 Å². The van der Waals surface area contributed by atoms with E-state index in [9.17, 15) is 4.79 Å². The smallest absolute Gasteiger partial charge is 0.308 e. The highest BCUT2D eigenvalue weighted by Crippen LogP contribution is 2.20. The summed E-state index contributed by atoms with van der Waals surface area (Å²) in [6, 6.07) is 10.4. The lowest BCUT2D eigenvalue weighted by molar-refractivity contribution is -0.136. The van der Waals surface area contributed by atoms with Crippen molar-refractivity contribution >= 4 is 17.3 Å². The van der Waals surface area contributed by atoms with Gasteiger partial charge in [-0.05, 0) is 31.7 Å². The highest BCUT2D eigenvalue weighted by molar-refractivity contribution is 7.11. The molecule has 1 aromatic heterocycles. The van der Waals surface area contributed by atoms with Crippen LogP contribution in [0.5, 0.6) is 0 Å². The Bertz CT molecular complexity index is 549. The molecule has 0 saturated heterocycles. The Morgan fingerprint density at radius 2 is 2.00 bits per heavy atom. The molecule has 1 N–H and O–H groups in total. The van der Waals surface area contributed by atoms with Gasteiger partial charge in [0.1, 0.15) is 0 Å². The fourth-order valence-corrected chi connectivity index (χ4v) is 3.09. The number of hydrogen-bond donors (Lipinski definition) is 1. The first-order chi connectivity index (χ1) is 9.15. The summed E-state index contributed by atoms with van der Waals surface area (Å²) in [5, 5.41) is 9.85. The van der Waals surface area contributed by atoms with E-state index >= 15 is 0 Å². The number of carbonyl (C=O) groups is 1. The van der Waals surface area contributed by atoms with Crippen LogP contribution in [0.4, 0.5) is 0 Å². The molecule has 0 amide bonds. The maximum absolute atomic E-state index is 10.7. The molecule has 0 atom stereocenters. The van der Waals surface area contributed by atoms with Crippen molar-refractivity contribution in [3.63, 3.8) is 0 Å². The van der Waals surface area contributed by atoms with E-state index in [0.29, 0.717) is 0 Å². The minimum atomic E-state index is -0.789. The van der Waals surface area contributed by atoms with Gasteiger partial charge in [-0.15, -0.1) is 11.3 Å². The number of benzene rings is 1. The summed E-state index contributed by atoms with van der Waals surface area (Å²) in [6.07, 6.45) is 3.08. The number of thiazole rings is 1. The standard InChI is InChI=1S/C15H17NO2S/c1-11-13(10-15(17)18)19-14(16-11)9-5-8-12-6-3-2-4-7-12/h2-4,6-7H,5,8-10H2,1H3,(H,17,18). The quantitative estimate of drug-likeness (QED) is 0.880. The van der Waals surface area contributed by atoms with Gasteiger partial charge in [-0.3, -0.25) is 4.79 Å². The van der Waals surface area contributed by atoms with Gasteiger partial charge in [-0.25, -0.2) is 4.98 Å². The summed E-state index contributed by atoms with van der Waals surface area (Å²) >= 11 is 1.53. The Balaban J connectivity index is 1.88. The zero-order chi connectivity index (χ0) is 13.7. The predicted octanol–water partition coefficient (Wildman–Crippen LogP) is 3.25. The highest BCUT2D eigenvalue weighted by Gasteiger charge is 2.10. The van der Waals surface area contributed by atoms with Crippen LogP contribution in [0.2, 0.25) is 0 Å². The number of aliphatic carboxylic acids is 1. The van der Waals surface area contributed by atoms with Gasteiger partial charge in [0.2, 0.25) is 0 Å². The molecule has 0 unspecified atom stereocenters. The second kappa shape index (κ2) is 6.48. The first-order valence-electron chi connectivity index (χ1n) is 6.36. The Labute approximate surface area is 116 Å². The molecule has 2 rings (SSSR count). The van der Waals surface area contributed by atoms with Crippen molar-refractivity contribution in [2.75, 3.05) is 0 Å². The minimum absolute atomic E-state index is 0.0855. The van der Waals surface area contributed by atoms with Crippen molar-refractivity contribution < 1.29 is 9.90 Å². The van der Waals surface area contributed by atoms with Crippen LogP contribution in [0.3, 0.4) is 0 Å².